The van der Waals surface area contributed by atoms with Gasteiger partial charge in [0.05, 0.1) is 16.8 Å². The summed E-state index contributed by atoms with van der Waals surface area (Å²) in [7, 11) is 0. The number of hydrogen-bond acceptors (Lipinski definition) is 5. The molecule has 27 heavy (non-hydrogen) atoms. The van der Waals surface area contributed by atoms with Gasteiger partial charge in [-0.05, 0) is 30.7 Å². The van der Waals surface area contributed by atoms with Crippen LogP contribution in [-0.2, 0) is 11.2 Å². The van der Waals surface area contributed by atoms with E-state index in [9.17, 15) is 27.9 Å². The Labute approximate surface area is 154 Å². The lowest BCUT2D eigenvalue weighted by Crippen LogP contribution is -2.13. The Morgan fingerprint density at radius 3 is 2.63 bits per heavy atom. The van der Waals surface area contributed by atoms with Crippen molar-refractivity contribution >= 4 is 34.1 Å². The lowest BCUT2D eigenvalue weighted by molar-refractivity contribution is -0.136. The molecule has 0 atom stereocenters. The average molecular weight is 399 g/mol. The van der Waals surface area contributed by atoms with Gasteiger partial charge in [-0.15, -0.1) is 0 Å². The number of carbonyl (C=O) groups excluding carboxylic acids is 1. The quantitative estimate of drug-likeness (QED) is 0.682. The topological polar surface area (TPSA) is 88.8 Å². The lowest BCUT2D eigenvalue weighted by Gasteiger charge is -2.06. The lowest BCUT2D eigenvalue weighted by atomic mass is 10.1. The van der Waals surface area contributed by atoms with Crippen LogP contribution in [-0.4, -0.2) is 33.3 Å². The van der Waals surface area contributed by atoms with Crippen molar-refractivity contribution < 1.29 is 37.7 Å². The van der Waals surface area contributed by atoms with E-state index in [0.717, 1.165) is 16.7 Å². The van der Waals surface area contributed by atoms with E-state index < -0.39 is 36.5 Å². The minimum atomic E-state index is -3.04. The monoisotopic (exact) mass is 399 g/mol. The first-order valence-corrected chi connectivity index (χ1v) is 8.34. The second-order valence-electron chi connectivity index (χ2n) is 5.59. The standard InChI is InChI=1S/C17H12F3NO5S/c1-7-8(5-14(23)24)9-4-12(22)10(18)6-11(9)21(7)16(25)13-2-3-15(27-13)26-17(19)20/h2-4,6,17,22H,5H2,1H3,(H,23,24). The number of thiophene rings is 1. The van der Waals surface area contributed by atoms with Gasteiger partial charge in [0.2, 0.25) is 0 Å². The van der Waals surface area contributed by atoms with Crippen LogP contribution in [0.5, 0.6) is 10.8 Å². The number of carboxylic acid groups (broad SMARTS) is 1. The molecule has 0 saturated heterocycles. The summed E-state index contributed by atoms with van der Waals surface area (Å²) >= 11 is 0.680. The number of hydrogen-bond donors (Lipinski definition) is 2. The molecule has 0 radical (unpaired) electrons. The maximum absolute atomic E-state index is 13.9. The van der Waals surface area contributed by atoms with Crippen molar-refractivity contribution in [2.75, 3.05) is 0 Å². The molecule has 0 aliphatic heterocycles. The summed E-state index contributed by atoms with van der Waals surface area (Å²) in [4.78, 5) is 24.1. The zero-order valence-electron chi connectivity index (χ0n) is 13.7. The number of ether oxygens (including phenoxy) is 1. The third-order valence-electron chi connectivity index (χ3n) is 3.93. The molecule has 0 aliphatic rings. The first-order valence-electron chi connectivity index (χ1n) is 7.52. The predicted octanol–water partition coefficient (Wildman–Crippen LogP) is 3.77. The fourth-order valence-corrected chi connectivity index (χ4v) is 3.61. The number of benzene rings is 1. The second-order valence-corrected chi connectivity index (χ2v) is 6.64. The normalized spacial score (nSPS) is 11.3. The maximum Gasteiger partial charge on any atom is 0.388 e. The predicted molar refractivity (Wildman–Crippen MR) is 90.3 cm³/mol. The Balaban J connectivity index is 2.16. The van der Waals surface area contributed by atoms with Gasteiger partial charge in [0.1, 0.15) is 0 Å². The van der Waals surface area contributed by atoms with E-state index in [2.05, 4.69) is 4.74 Å². The van der Waals surface area contributed by atoms with Crippen molar-refractivity contribution in [3.05, 3.63) is 46.2 Å². The molecule has 2 aromatic heterocycles. The Morgan fingerprint density at radius 1 is 1.30 bits per heavy atom. The van der Waals surface area contributed by atoms with Gasteiger partial charge in [0.25, 0.3) is 5.91 Å². The van der Waals surface area contributed by atoms with E-state index in [1.165, 1.54) is 19.1 Å². The molecule has 0 unspecified atom stereocenters. The highest BCUT2D eigenvalue weighted by atomic mass is 32.1. The summed E-state index contributed by atoms with van der Waals surface area (Å²) in [5.74, 6) is -3.49. The van der Waals surface area contributed by atoms with Crippen LogP contribution in [0.4, 0.5) is 13.2 Å². The fourth-order valence-electron chi connectivity index (χ4n) is 2.82. The Hall–Kier alpha value is -3.01. The smallest absolute Gasteiger partial charge is 0.388 e. The highest BCUT2D eigenvalue weighted by molar-refractivity contribution is 7.15. The van der Waals surface area contributed by atoms with Gasteiger partial charge in [-0.25, -0.2) is 4.39 Å². The number of aromatic nitrogens is 1. The van der Waals surface area contributed by atoms with E-state index in [1.807, 2.05) is 0 Å². The van der Waals surface area contributed by atoms with Crippen molar-refractivity contribution in [1.82, 2.24) is 4.57 Å². The number of nitrogens with zero attached hydrogens (tertiary/aromatic N) is 1. The summed E-state index contributed by atoms with van der Waals surface area (Å²) in [6.07, 6.45) is -0.447. The van der Waals surface area contributed by atoms with Crippen molar-refractivity contribution in [1.29, 1.82) is 0 Å². The number of phenolic OH excluding ortho intramolecular Hbond substituents is 1. The van der Waals surface area contributed by atoms with Crippen molar-refractivity contribution in [3.63, 3.8) is 0 Å². The zero-order valence-corrected chi connectivity index (χ0v) is 14.5. The van der Waals surface area contributed by atoms with Crippen LogP contribution in [0.25, 0.3) is 10.9 Å². The number of aliphatic carboxylic acids is 1. The van der Waals surface area contributed by atoms with E-state index >= 15 is 0 Å². The summed E-state index contributed by atoms with van der Waals surface area (Å²) in [6.45, 7) is -1.56. The molecule has 3 rings (SSSR count). The molecule has 0 saturated carbocycles. The molecular formula is C17H12F3NO5S. The minimum Gasteiger partial charge on any atom is -0.505 e. The minimum absolute atomic E-state index is 0.0426. The van der Waals surface area contributed by atoms with Gasteiger partial charge in [0.15, 0.2) is 16.6 Å². The molecule has 1 aromatic carbocycles. The number of rotatable bonds is 5. The SMILES string of the molecule is Cc1c(CC(=O)O)c2cc(O)c(F)cc2n1C(=O)c1ccc(OC(F)F)s1. The van der Waals surface area contributed by atoms with Crippen LogP contribution < -0.4 is 4.74 Å². The van der Waals surface area contributed by atoms with E-state index in [-0.39, 0.29) is 32.1 Å². The van der Waals surface area contributed by atoms with Gasteiger partial charge in [0, 0.05) is 17.1 Å². The highest BCUT2D eigenvalue weighted by Crippen LogP contribution is 2.34. The van der Waals surface area contributed by atoms with Crippen molar-refractivity contribution in [3.8, 4) is 10.8 Å². The fraction of sp³-hybridized carbons (Fsp3) is 0.176. The van der Waals surface area contributed by atoms with Crippen LogP contribution in [0.1, 0.15) is 20.9 Å². The van der Waals surface area contributed by atoms with Gasteiger partial charge in [-0.3, -0.25) is 14.2 Å². The largest absolute Gasteiger partial charge is 0.505 e. The second kappa shape index (κ2) is 6.95. The molecule has 3 aromatic rings. The number of carboxylic acids is 1. The van der Waals surface area contributed by atoms with Crippen molar-refractivity contribution in [2.45, 2.75) is 20.0 Å². The van der Waals surface area contributed by atoms with Crippen LogP contribution >= 0.6 is 11.3 Å². The molecule has 2 heterocycles. The van der Waals surface area contributed by atoms with Gasteiger partial charge in [-0.2, -0.15) is 8.78 Å². The first-order chi connectivity index (χ1) is 12.7. The number of halogens is 3. The average Bonchev–Trinajstić information content (AvgIpc) is 3.11. The molecule has 2 N–H and O–H groups in total. The number of aromatic hydroxyl groups is 1. The Kier molecular flexibility index (Phi) is 4.83. The molecule has 10 heteroatoms. The molecule has 142 valence electrons. The van der Waals surface area contributed by atoms with Crippen LogP contribution in [0, 0.1) is 12.7 Å². The van der Waals surface area contributed by atoms with E-state index in [1.54, 1.807) is 0 Å². The van der Waals surface area contributed by atoms with Crippen LogP contribution in [0.2, 0.25) is 0 Å². The van der Waals surface area contributed by atoms with Crippen molar-refractivity contribution in [2.24, 2.45) is 0 Å². The molecule has 0 bridgehead atoms. The number of phenols is 1. The highest BCUT2D eigenvalue weighted by Gasteiger charge is 2.24. The molecule has 0 amide bonds. The van der Waals surface area contributed by atoms with Crippen LogP contribution in [0.15, 0.2) is 24.3 Å². The van der Waals surface area contributed by atoms with Gasteiger partial charge in [-0.1, -0.05) is 11.3 Å². The van der Waals surface area contributed by atoms with E-state index in [0.29, 0.717) is 11.3 Å². The number of fused-ring (bicyclic) bond motifs is 1. The van der Waals surface area contributed by atoms with Crippen LogP contribution in [0.3, 0.4) is 0 Å². The number of carbonyl (C=O) groups is 2. The first kappa shape index (κ1) is 18.8. The Morgan fingerprint density at radius 2 is 2.00 bits per heavy atom. The third kappa shape index (κ3) is 3.47. The Bertz CT molecular complexity index is 1060. The van der Waals surface area contributed by atoms with E-state index in [4.69, 9.17) is 5.11 Å². The summed E-state index contributed by atoms with van der Waals surface area (Å²) < 4.78 is 43.8. The van der Waals surface area contributed by atoms with Gasteiger partial charge >= 0.3 is 12.6 Å². The number of alkyl halides is 2. The molecule has 0 aliphatic carbocycles. The molecule has 0 spiro atoms. The molecule has 6 nitrogen and oxygen atoms in total. The molecular weight excluding hydrogens is 387 g/mol. The zero-order chi connectivity index (χ0) is 19.9. The molecule has 0 fully saturated rings. The third-order valence-corrected chi connectivity index (χ3v) is 4.90. The summed E-state index contributed by atoms with van der Waals surface area (Å²) in [6, 6.07) is 4.46. The summed E-state index contributed by atoms with van der Waals surface area (Å²) in [5.41, 5.74) is 0.544. The summed E-state index contributed by atoms with van der Waals surface area (Å²) in [5, 5.41) is 18.8. The van der Waals surface area contributed by atoms with Gasteiger partial charge < -0.3 is 14.9 Å². The maximum atomic E-state index is 13.9.